The number of hydrogen-bond donors (Lipinski definition) is 0. The lowest BCUT2D eigenvalue weighted by atomic mass is 10.2. The normalized spacial score (nSPS) is 20.8. The molecule has 0 radical (unpaired) electrons. The van der Waals surface area contributed by atoms with E-state index in [0.29, 0.717) is 6.04 Å². The molecule has 1 saturated heterocycles. The fraction of sp³-hybridized carbons (Fsp3) is 0.714. The third-order valence-corrected chi connectivity index (χ3v) is 3.56. The maximum Gasteiger partial charge on any atom is 0.147 e. The predicted molar refractivity (Wildman–Crippen MR) is 76.5 cm³/mol. The molecule has 0 N–H and O–H groups in total. The van der Waals surface area contributed by atoms with Crippen molar-refractivity contribution in [1.82, 2.24) is 14.9 Å². The molecular formula is C14H24N4O. The Morgan fingerprint density at radius 1 is 1.37 bits per heavy atom. The summed E-state index contributed by atoms with van der Waals surface area (Å²) in [5.74, 6) is 0.997. The first-order valence-electron chi connectivity index (χ1n) is 7.06. The number of anilines is 1. The maximum atomic E-state index is 5.43. The van der Waals surface area contributed by atoms with Crippen LogP contribution in [0.1, 0.15) is 19.5 Å². The van der Waals surface area contributed by atoms with E-state index in [9.17, 15) is 0 Å². The molecule has 0 bridgehead atoms. The summed E-state index contributed by atoms with van der Waals surface area (Å²) < 4.78 is 5.43. The lowest BCUT2D eigenvalue weighted by molar-refractivity contribution is 0.0925. The van der Waals surface area contributed by atoms with Crippen molar-refractivity contribution in [2.75, 3.05) is 44.3 Å². The minimum atomic E-state index is 0.525. The summed E-state index contributed by atoms with van der Waals surface area (Å²) in [6.45, 7) is 12.0. The molecule has 0 aromatic carbocycles. The summed E-state index contributed by atoms with van der Waals surface area (Å²) in [4.78, 5) is 13.6. The molecule has 1 fully saturated rings. The van der Waals surface area contributed by atoms with Crippen molar-refractivity contribution in [1.29, 1.82) is 0 Å². The second-order valence-corrected chi connectivity index (χ2v) is 5.05. The first-order valence-corrected chi connectivity index (χ1v) is 7.06. The number of aromatic nitrogens is 2. The van der Waals surface area contributed by atoms with E-state index in [1.54, 1.807) is 6.20 Å². The minimum absolute atomic E-state index is 0.525. The topological polar surface area (TPSA) is 41.5 Å². The summed E-state index contributed by atoms with van der Waals surface area (Å²) in [7, 11) is 0. The fourth-order valence-corrected chi connectivity index (χ4v) is 2.46. The number of piperazine rings is 1. The van der Waals surface area contributed by atoms with Gasteiger partial charge in [0.25, 0.3) is 0 Å². The van der Waals surface area contributed by atoms with Gasteiger partial charge in [0.05, 0.1) is 18.5 Å². The van der Waals surface area contributed by atoms with E-state index in [1.807, 2.05) is 20.0 Å². The quantitative estimate of drug-likeness (QED) is 0.751. The van der Waals surface area contributed by atoms with Crippen molar-refractivity contribution in [3.05, 3.63) is 18.1 Å². The van der Waals surface area contributed by atoms with Gasteiger partial charge in [-0.25, -0.2) is 4.98 Å². The van der Waals surface area contributed by atoms with Crippen LogP contribution in [-0.2, 0) is 4.74 Å². The summed E-state index contributed by atoms with van der Waals surface area (Å²) in [6, 6.07) is 0.525. The van der Waals surface area contributed by atoms with Gasteiger partial charge in [-0.05, 0) is 20.8 Å². The molecule has 1 aliphatic heterocycles. The molecule has 0 saturated carbocycles. The monoisotopic (exact) mass is 264 g/mol. The predicted octanol–water partition coefficient (Wildman–Crippen LogP) is 1.33. The van der Waals surface area contributed by atoms with Crippen LogP contribution in [0.15, 0.2) is 12.4 Å². The average Bonchev–Trinajstić information content (AvgIpc) is 2.41. The summed E-state index contributed by atoms with van der Waals surface area (Å²) in [6.07, 6.45) is 3.65. The molecular weight excluding hydrogens is 240 g/mol. The number of aryl methyl sites for hydroxylation is 1. The van der Waals surface area contributed by atoms with Crippen LogP contribution in [0.4, 0.5) is 5.82 Å². The highest BCUT2D eigenvalue weighted by Crippen LogP contribution is 2.16. The van der Waals surface area contributed by atoms with Gasteiger partial charge < -0.3 is 9.64 Å². The summed E-state index contributed by atoms with van der Waals surface area (Å²) >= 11 is 0. The molecule has 1 aromatic heterocycles. The Morgan fingerprint density at radius 2 is 2.21 bits per heavy atom. The molecule has 1 aromatic rings. The van der Waals surface area contributed by atoms with E-state index in [-0.39, 0.29) is 0 Å². The van der Waals surface area contributed by atoms with E-state index >= 15 is 0 Å². The molecule has 0 amide bonds. The van der Waals surface area contributed by atoms with Crippen molar-refractivity contribution in [3.63, 3.8) is 0 Å². The van der Waals surface area contributed by atoms with Crippen LogP contribution in [-0.4, -0.2) is 60.3 Å². The third kappa shape index (κ3) is 3.88. The van der Waals surface area contributed by atoms with E-state index in [0.717, 1.165) is 50.9 Å². The molecule has 0 spiro atoms. The number of nitrogens with zero attached hydrogens (tertiary/aromatic N) is 4. The maximum absolute atomic E-state index is 5.43. The summed E-state index contributed by atoms with van der Waals surface area (Å²) in [5.41, 5.74) is 0.976. The highest BCUT2D eigenvalue weighted by Gasteiger charge is 2.24. The van der Waals surface area contributed by atoms with E-state index < -0.39 is 0 Å². The highest BCUT2D eigenvalue weighted by molar-refractivity contribution is 5.37. The largest absolute Gasteiger partial charge is 0.380 e. The van der Waals surface area contributed by atoms with Crippen molar-refractivity contribution in [3.8, 4) is 0 Å². The molecule has 0 aliphatic carbocycles. The minimum Gasteiger partial charge on any atom is -0.380 e. The lowest BCUT2D eigenvalue weighted by Crippen LogP contribution is -2.53. The van der Waals surface area contributed by atoms with Gasteiger partial charge in [-0.1, -0.05) is 0 Å². The van der Waals surface area contributed by atoms with Gasteiger partial charge >= 0.3 is 0 Å². The van der Waals surface area contributed by atoms with Crippen LogP contribution in [0.25, 0.3) is 0 Å². The van der Waals surface area contributed by atoms with E-state index in [1.165, 1.54) is 0 Å². The van der Waals surface area contributed by atoms with Crippen molar-refractivity contribution < 1.29 is 4.74 Å². The van der Waals surface area contributed by atoms with Gasteiger partial charge in [0.1, 0.15) is 5.82 Å². The Morgan fingerprint density at radius 3 is 2.89 bits per heavy atom. The molecule has 5 heteroatoms. The molecule has 1 aliphatic rings. The van der Waals surface area contributed by atoms with Crippen LogP contribution in [0.2, 0.25) is 0 Å². The summed E-state index contributed by atoms with van der Waals surface area (Å²) in [5, 5.41) is 0. The van der Waals surface area contributed by atoms with Crippen LogP contribution in [0.3, 0.4) is 0 Å². The van der Waals surface area contributed by atoms with Gasteiger partial charge in [0.2, 0.25) is 0 Å². The van der Waals surface area contributed by atoms with Crippen LogP contribution in [0.5, 0.6) is 0 Å². The Balaban J connectivity index is 1.89. The van der Waals surface area contributed by atoms with Gasteiger partial charge in [-0.2, -0.15) is 0 Å². The van der Waals surface area contributed by atoms with E-state index in [4.69, 9.17) is 4.74 Å². The molecule has 2 rings (SSSR count). The lowest BCUT2D eigenvalue weighted by Gasteiger charge is -2.40. The van der Waals surface area contributed by atoms with Gasteiger partial charge in [0, 0.05) is 45.0 Å². The second-order valence-electron chi connectivity index (χ2n) is 5.05. The zero-order valence-corrected chi connectivity index (χ0v) is 12.2. The fourth-order valence-electron chi connectivity index (χ4n) is 2.46. The molecule has 1 unspecified atom stereocenters. The third-order valence-electron chi connectivity index (χ3n) is 3.56. The highest BCUT2D eigenvalue weighted by atomic mass is 16.5. The number of rotatable bonds is 5. The van der Waals surface area contributed by atoms with Gasteiger partial charge in [0.15, 0.2) is 0 Å². The zero-order chi connectivity index (χ0) is 13.7. The SMILES string of the molecule is CCOCCN1CCN(c2cncc(C)n2)CC1C. The Bertz CT molecular complexity index is 399. The average molecular weight is 264 g/mol. The van der Waals surface area contributed by atoms with E-state index in [2.05, 4.69) is 26.7 Å². The molecule has 19 heavy (non-hydrogen) atoms. The molecule has 106 valence electrons. The Kier molecular flexibility index (Phi) is 5.10. The first-order chi connectivity index (χ1) is 9.20. The molecule has 5 nitrogen and oxygen atoms in total. The standard InChI is InChI=1S/C14H24N4O/c1-4-19-8-7-17-5-6-18(11-13(17)3)14-10-15-9-12(2)16-14/h9-10,13H,4-8,11H2,1-3H3. The molecule has 2 heterocycles. The zero-order valence-electron chi connectivity index (χ0n) is 12.2. The Labute approximate surface area is 115 Å². The second kappa shape index (κ2) is 6.82. The van der Waals surface area contributed by atoms with Gasteiger partial charge in [-0.3, -0.25) is 9.88 Å². The number of hydrogen-bond acceptors (Lipinski definition) is 5. The first kappa shape index (κ1) is 14.2. The van der Waals surface area contributed by atoms with Crippen LogP contribution >= 0.6 is 0 Å². The Hall–Kier alpha value is -1.20. The van der Waals surface area contributed by atoms with Crippen molar-refractivity contribution in [2.24, 2.45) is 0 Å². The smallest absolute Gasteiger partial charge is 0.147 e. The van der Waals surface area contributed by atoms with Crippen LogP contribution in [0, 0.1) is 6.92 Å². The van der Waals surface area contributed by atoms with Crippen molar-refractivity contribution >= 4 is 5.82 Å². The molecule has 1 atom stereocenters. The van der Waals surface area contributed by atoms with Gasteiger partial charge in [-0.15, -0.1) is 0 Å². The number of ether oxygens (including phenoxy) is 1. The van der Waals surface area contributed by atoms with Crippen molar-refractivity contribution in [2.45, 2.75) is 26.8 Å². The van der Waals surface area contributed by atoms with Crippen LogP contribution < -0.4 is 4.90 Å².